The van der Waals surface area contributed by atoms with Crippen LogP contribution in [0, 0.1) is 5.92 Å². The number of rotatable bonds is 3. The Hall–Kier alpha value is -1.55. The predicted octanol–water partition coefficient (Wildman–Crippen LogP) is 3.98. The summed E-state index contributed by atoms with van der Waals surface area (Å²) in [5.41, 5.74) is 0.637. The smallest absolute Gasteiger partial charge is 0.253 e. The number of carbonyl (C=O) groups excluding carboxylic acids is 2. The van der Waals surface area contributed by atoms with Crippen LogP contribution >= 0.6 is 11.6 Å². The molecule has 2 fully saturated rings. The highest BCUT2D eigenvalue weighted by atomic mass is 35.5. The molecule has 0 unspecified atom stereocenters. The summed E-state index contributed by atoms with van der Waals surface area (Å²) in [6, 6.07) is 7.36. The van der Waals surface area contributed by atoms with Crippen LogP contribution in [0.3, 0.4) is 0 Å². The van der Waals surface area contributed by atoms with E-state index in [1.165, 1.54) is 19.3 Å². The van der Waals surface area contributed by atoms with Gasteiger partial charge in [0.15, 0.2) is 0 Å². The largest absolute Gasteiger partial charge is 0.342 e. The van der Waals surface area contributed by atoms with Crippen LogP contribution in [-0.4, -0.2) is 47.8 Å². The minimum Gasteiger partial charge on any atom is -0.342 e. The van der Waals surface area contributed by atoms with Crippen molar-refractivity contribution in [2.45, 2.75) is 51.0 Å². The number of likely N-dealkylation sites (tertiary alicyclic amines) is 1. The second-order valence-electron chi connectivity index (χ2n) is 7.34. The molecule has 0 aromatic heterocycles. The monoisotopic (exact) mass is 362 g/mol. The summed E-state index contributed by atoms with van der Waals surface area (Å²) in [4.78, 5) is 29.4. The van der Waals surface area contributed by atoms with Gasteiger partial charge >= 0.3 is 0 Å². The molecule has 0 bridgehead atoms. The maximum atomic E-state index is 12.9. The Bertz CT molecular complexity index is 611. The number of carbonyl (C=O) groups is 2. The molecule has 0 N–H and O–H groups in total. The van der Waals surface area contributed by atoms with E-state index in [0.717, 1.165) is 32.2 Å². The molecule has 1 saturated carbocycles. The van der Waals surface area contributed by atoms with Crippen molar-refractivity contribution in [3.05, 3.63) is 34.9 Å². The topological polar surface area (TPSA) is 40.6 Å². The summed E-state index contributed by atoms with van der Waals surface area (Å²) in [6.07, 6.45) is 7.70. The van der Waals surface area contributed by atoms with Crippen molar-refractivity contribution in [2.75, 3.05) is 20.1 Å². The molecule has 1 aromatic rings. The lowest BCUT2D eigenvalue weighted by atomic mass is 9.91. The third-order valence-electron chi connectivity index (χ3n) is 5.62. The van der Waals surface area contributed by atoms with Crippen molar-refractivity contribution in [1.29, 1.82) is 0 Å². The molecule has 5 heteroatoms. The molecular weight excluding hydrogens is 336 g/mol. The van der Waals surface area contributed by atoms with Crippen LogP contribution in [0.25, 0.3) is 0 Å². The lowest BCUT2D eigenvalue weighted by molar-refractivity contribution is -0.138. The Kier molecular flexibility index (Phi) is 6.00. The number of benzene rings is 1. The van der Waals surface area contributed by atoms with Crippen LogP contribution in [0.2, 0.25) is 5.02 Å². The lowest BCUT2D eigenvalue weighted by Crippen LogP contribution is -2.48. The van der Waals surface area contributed by atoms with Crippen LogP contribution in [-0.2, 0) is 4.79 Å². The van der Waals surface area contributed by atoms with Crippen molar-refractivity contribution in [1.82, 2.24) is 9.80 Å². The molecule has 25 heavy (non-hydrogen) atoms. The highest BCUT2D eigenvalue weighted by Gasteiger charge is 2.33. The maximum Gasteiger partial charge on any atom is 0.253 e. The van der Waals surface area contributed by atoms with E-state index in [0.29, 0.717) is 23.2 Å². The second kappa shape index (κ2) is 8.22. The SMILES string of the molecule is CN(C(=O)[C@@H]1CCCN(C(=O)c2ccc(Cl)cc2)C1)C1CCCCC1. The Morgan fingerprint density at radius 2 is 1.72 bits per heavy atom. The zero-order valence-corrected chi connectivity index (χ0v) is 15.7. The predicted molar refractivity (Wildman–Crippen MR) is 99.7 cm³/mol. The Morgan fingerprint density at radius 3 is 2.40 bits per heavy atom. The minimum absolute atomic E-state index is 0.00511. The molecule has 2 amide bonds. The normalized spacial score (nSPS) is 21.8. The van der Waals surface area contributed by atoms with E-state index in [1.807, 2.05) is 16.8 Å². The number of amides is 2. The zero-order valence-electron chi connectivity index (χ0n) is 14.9. The van der Waals surface area contributed by atoms with E-state index in [-0.39, 0.29) is 17.7 Å². The summed E-state index contributed by atoms with van der Waals surface area (Å²) >= 11 is 5.90. The van der Waals surface area contributed by atoms with Gasteiger partial charge in [0.1, 0.15) is 0 Å². The molecule has 1 aromatic carbocycles. The highest BCUT2D eigenvalue weighted by molar-refractivity contribution is 6.30. The van der Waals surface area contributed by atoms with Gasteiger partial charge in [0, 0.05) is 36.8 Å². The fraction of sp³-hybridized carbons (Fsp3) is 0.600. The van der Waals surface area contributed by atoms with E-state index >= 15 is 0 Å². The molecule has 1 saturated heterocycles. The van der Waals surface area contributed by atoms with Gasteiger partial charge in [-0.2, -0.15) is 0 Å². The summed E-state index contributed by atoms with van der Waals surface area (Å²) in [5.74, 6) is 0.131. The molecule has 1 atom stereocenters. The molecule has 1 aliphatic heterocycles. The van der Waals surface area contributed by atoms with Gasteiger partial charge in [0.05, 0.1) is 5.92 Å². The van der Waals surface area contributed by atoms with Crippen molar-refractivity contribution in [2.24, 2.45) is 5.92 Å². The molecule has 4 nitrogen and oxygen atoms in total. The second-order valence-corrected chi connectivity index (χ2v) is 7.77. The van der Waals surface area contributed by atoms with Gasteiger partial charge in [-0.1, -0.05) is 30.9 Å². The zero-order chi connectivity index (χ0) is 17.8. The molecule has 1 aliphatic carbocycles. The first-order valence-electron chi connectivity index (χ1n) is 9.38. The molecule has 0 radical (unpaired) electrons. The number of halogens is 1. The van der Waals surface area contributed by atoms with Crippen molar-refractivity contribution >= 4 is 23.4 Å². The standard InChI is InChI=1S/C20H27ClN2O2/c1-22(18-7-3-2-4-8-18)19(24)16-6-5-13-23(14-16)20(25)15-9-11-17(21)12-10-15/h9-12,16,18H,2-8,13-14H2,1H3/t16-/m1/s1. The fourth-order valence-electron chi connectivity index (χ4n) is 4.07. The lowest BCUT2D eigenvalue weighted by Gasteiger charge is -2.37. The van der Waals surface area contributed by atoms with Crippen LogP contribution in [0.1, 0.15) is 55.3 Å². The van der Waals surface area contributed by atoms with Crippen LogP contribution in [0.15, 0.2) is 24.3 Å². The fourth-order valence-corrected chi connectivity index (χ4v) is 4.20. The quantitative estimate of drug-likeness (QED) is 0.815. The van der Waals surface area contributed by atoms with Crippen LogP contribution in [0.5, 0.6) is 0 Å². The van der Waals surface area contributed by atoms with Gasteiger partial charge in [-0.15, -0.1) is 0 Å². The third-order valence-corrected chi connectivity index (χ3v) is 5.87. The summed E-state index contributed by atoms with van der Waals surface area (Å²) < 4.78 is 0. The highest BCUT2D eigenvalue weighted by Crippen LogP contribution is 2.26. The van der Waals surface area contributed by atoms with E-state index < -0.39 is 0 Å². The number of hydrogen-bond donors (Lipinski definition) is 0. The molecule has 0 spiro atoms. The summed E-state index contributed by atoms with van der Waals surface area (Å²) in [7, 11) is 1.94. The van der Waals surface area contributed by atoms with E-state index in [1.54, 1.807) is 24.3 Å². The Balaban J connectivity index is 1.62. The average molecular weight is 363 g/mol. The first-order chi connectivity index (χ1) is 12.1. The molecule has 136 valence electrons. The molecule has 2 aliphatic rings. The van der Waals surface area contributed by atoms with Crippen molar-refractivity contribution in [3.8, 4) is 0 Å². The van der Waals surface area contributed by atoms with Crippen LogP contribution in [0.4, 0.5) is 0 Å². The van der Waals surface area contributed by atoms with Gasteiger partial charge in [-0.3, -0.25) is 9.59 Å². The Labute approximate surface area is 155 Å². The van der Waals surface area contributed by atoms with Crippen molar-refractivity contribution < 1.29 is 9.59 Å². The summed E-state index contributed by atoms with van der Waals surface area (Å²) in [5, 5.41) is 0.623. The van der Waals surface area contributed by atoms with Gasteiger partial charge < -0.3 is 9.80 Å². The van der Waals surface area contributed by atoms with Crippen molar-refractivity contribution in [3.63, 3.8) is 0 Å². The molecule has 1 heterocycles. The van der Waals surface area contributed by atoms with Gasteiger partial charge in [-0.05, 0) is 49.9 Å². The number of piperidine rings is 1. The van der Waals surface area contributed by atoms with Gasteiger partial charge in [-0.25, -0.2) is 0 Å². The van der Waals surface area contributed by atoms with Gasteiger partial charge in [0.2, 0.25) is 5.91 Å². The van der Waals surface area contributed by atoms with E-state index in [4.69, 9.17) is 11.6 Å². The Morgan fingerprint density at radius 1 is 1.04 bits per heavy atom. The number of hydrogen-bond acceptors (Lipinski definition) is 2. The summed E-state index contributed by atoms with van der Waals surface area (Å²) in [6.45, 7) is 1.25. The maximum absolute atomic E-state index is 12.9. The third kappa shape index (κ3) is 4.35. The minimum atomic E-state index is -0.0723. The number of nitrogens with zero attached hydrogens (tertiary/aromatic N) is 2. The van der Waals surface area contributed by atoms with E-state index in [9.17, 15) is 9.59 Å². The van der Waals surface area contributed by atoms with E-state index in [2.05, 4.69) is 0 Å². The molecular formula is C20H27ClN2O2. The van der Waals surface area contributed by atoms with Gasteiger partial charge in [0.25, 0.3) is 5.91 Å². The molecule has 3 rings (SSSR count). The first kappa shape index (κ1) is 18.2. The average Bonchev–Trinajstić information content (AvgIpc) is 2.67. The first-order valence-corrected chi connectivity index (χ1v) is 9.75. The van der Waals surface area contributed by atoms with Crippen LogP contribution < -0.4 is 0 Å².